The highest BCUT2D eigenvalue weighted by Gasteiger charge is 2.37. The highest BCUT2D eigenvalue weighted by Crippen LogP contribution is 2.37. The molecule has 0 aliphatic rings. The molecule has 0 bridgehead atoms. The van der Waals surface area contributed by atoms with Gasteiger partial charge in [0.05, 0.1) is 23.3 Å². The number of hydrogen-bond donors (Lipinski definition) is 0. The molecule has 0 saturated carbocycles. The van der Waals surface area contributed by atoms with E-state index in [4.69, 9.17) is 4.74 Å². The van der Waals surface area contributed by atoms with Crippen molar-refractivity contribution in [1.29, 1.82) is 0 Å². The van der Waals surface area contributed by atoms with Gasteiger partial charge in [-0.1, -0.05) is 6.07 Å². The van der Waals surface area contributed by atoms with Crippen molar-refractivity contribution >= 4 is 17.7 Å². The molecular formula is C15H16F3NO3. The van der Waals surface area contributed by atoms with Crippen molar-refractivity contribution < 1.29 is 27.5 Å². The number of nitrogens with zero attached hydrogens (tertiary/aromatic N) is 1. The van der Waals surface area contributed by atoms with Crippen molar-refractivity contribution in [2.45, 2.75) is 33.4 Å². The van der Waals surface area contributed by atoms with Crippen LogP contribution in [0.4, 0.5) is 18.9 Å². The third-order valence-corrected chi connectivity index (χ3v) is 3.03. The van der Waals surface area contributed by atoms with Crippen molar-refractivity contribution in [3.63, 3.8) is 0 Å². The smallest absolute Gasteiger partial charge is 0.416 e. The second-order valence-corrected chi connectivity index (χ2v) is 5.32. The van der Waals surface area contributed by atoms with Gasteiger partial charge in [0, 0.05) is 0 Å². The van der Waals surface area contributed by atoms with E-state index < -0.39 is 23.1 Å². The molecule has 7 heteroatoms. The Labute approximate surface area is 126 Å². The Kier molecular flexibility index (Phi) is 5.49. The largest absolute Gasteiger partial charge is 0.466 e. The lowest BCUT2D eigenvalue weighted by Crippen LogP contribution is -2.30. The second kappa shape index (κ2) is 6.75. The molecule has 0 heterocycles. The van der Waals surface area contributed by atoms with Crippen LogP contribution in [0.25, 0.3) is 0 Å². The van der Waals surface area contributed by atoms with E-state index in [9.17, 15) is 22.8 Å². The predicted molar refractivity (Wildman–Crippen MR) is 73.3 cm³/mol. The molecule has 1 aromatic carbocycles. The van der Waals surface area contributed by atoms with Crippen LogP contribution in [0, 0.1) is 5.41 Å². The monoisotopic (exact) mass is 315 g/mol. The average molecular weight is 315 g/mol. The molecule has 0 spiro atoms. The van der Waals surface area contributed by atoms with E-state index in [0.29, 0.717) is 0 Å². The standard InChI is InChI=1S/C15H16F3NO3/c1-4-22-13(21)14(2,3)8-10-5-6-11(19-9-20)7-12(10)15(16,17)18/h5-7H,4,8H2,1-3H3. The minimum absolute atomic E-state index is 0.0598. The van der Waals surface area contributed by atoms with Gasteiger partial charge in [-0.25, -0.2) is 4.79 Å². The Bertz CT molecular complexity index is 603. The maximum absolute atomic E-state index is 13.1. The molecule has 0 atom stereocenters. The number of benzene rings is 1. The molecule has 0 amide bonds. The highest BCUT2D eigenvalue weighted by atomic mass is 19.4. The summed E-state index contributed by atoms with van der Waals surface area (Å²) in [6.45, 7) is 4.81. The zero-order valence-corrected chi connectivity index (χ0v) is 12.5. The van der Waals surface area contributed by atoms with Gasteiger partial charge in [0.15, 0.2) is 0 Å². The number of hydrogen-bond acceptors (Lipinski definition) is 4. The van der Waals surface area contributed by atoms with Crippen LogP contribution in [0.3, 0.4) is 0 Å². The maximum atomic E-state index is 13.1. The molecule has 1 aromatic rings. The molecule has 4 nitrogen and oxygen atoms in total. The fourth-order valence-corrected chi connectivity index (χ4v) is 1.98. The molecule has 0 fully saturated rings. The minimum Gasteiger partial charge on any atom is -0.466 e. The topological polar surface area (TPSA) is 55.7 Å². The van der Waals surface area contributed by atoms with Crippen molar-refractivity contribution in [2.24, 2.45) is 10.4 Å². The normalized spacial score (nSPS) is 11.7. The van der Waals surface area contributed by atoms with Gasteiger partial charge in [0.25, 0.3) is 0 Å². The van der Waals surface area contributed by atoms with E-state index in [2.05, 4.69) is 4.99 Å². The Hall–Kier alpha value is -2.14. The number of ether oxygens (including phenoxy) is 1. The molecule has 0 N–H and O–H groups in total. The lowest BCUT2D eigenvalue weighted by Gasteiger charge is -2.24. The first-order valence-electron chi connectivity index (χ1n) is 6.57. The first kappa shape index (κ1) is 17.9. The van der Waals surface area contributed by atoms with Gasteiger partial charge >= 0.3 is 12.1 Å². The van der Waals surface area contributed by atoms with Crippen molar-refractivity contribution in [3.8, 4) is 0 Å². The SMILES string of the molecule is CCOC(=O)C(C)(C)Cc1ccc(N=C=O)cc1C(F)(F)F. The summed E-state index contributed by atoms with van der Waals surface area (Å²) in [6, 6.07) is 3.25. The van der Waals surface area contributed by atoms with Crippen LogP contribution < -0.4 is 0 Å². The highest BCUT2D eigenvalue weighted by molar-refractivity contribution is 5.76. The van der Waals surface area contributed by atoms with Crippen LogP contribution >= 0.6 is 0 Å². The summed E-state index contributed by atoms with van der Waals surface area (Å²) in [5.41, 5.74) is -2.23. The average Bonchev–Trinajstić information content (AvgIpc) is 2.39. The minimum atomic E-state index is -4.62. The van der Waals surface area contributed by atoms with Crippen LogP contribution in [0.1, 0.15) is 31.9 Å². The van der Waals surface area contributed by atoms with Crippen LogP contribution in [0.15, 0.2) is 23.2 Å². The first-order chi connectivity index (χ1) is 10.1. The summed E-state index contributed by atoms with van der Waals surface area (Å²) < 4.78 is 44.3. The van der Waals surface area contributed by atoms with E-state index in [1.165, 1.54) is 32.1 Å². The summed E-state index contributed by atoms with van der Waals surface area (Å²) in [7, 11) is 0. The Morgan fingerprint density at radius 1 is 1.32 bits per heavy atom. The van der Waals surface area contributed by atoms with Gasteiger partial charge in [0.1, 0.15) is 0 Å². The van der Waals surface area contributed by atoms with Gasteiger partial charge in [-0.15, -0.1) is 0 Å². The summed E-state index contributed by atoms with van der Waals surface area (Å²) in [5.74, 6) is -0.571. The summed E-state index contributed by atoms with van der Waals surface area (Å²) in [5, 5.41) is 0. The predicted octanol–water partition coefficient (Wildman–Crippen LogP) is 3.80. The number of carbonyl (C=O) groups excluding carboxylic acids is 2. The third kappa shape index (κ3) is 4.43. The number of carbonyl (C=O) groups is 1. The molecule has 0 radical (unpaired) electrons. The van der Waals surface area contributed by atoms with Gasteiger partial charge in [-0.2, -0.15) is 18.2 Å². The number of aliphatic imine (C=N–C) groups is 1. The summed E-state index contributed by atoms with van der Waals surface area (Å²) in [4.78, 5) is 25.2. The van der Waals surface area contributed by atoms with Crippen molar-refractivity contribution in [1.82, 2.24) is 0 Å². The molecule has 0 saturated heterocycles. The second-order valence-electron chi connectivity index (χ2n) is 5.32. The van der Waals surface area contributed by atoms with E-state index in [0.717, 1.165) is 6.07 Å². The van der Waals surface area contributed by atoms with Crippen LogP contribution in [-0.2, 0) is 26.9 Å². The van der Waals surface area contributed by atoms with Crippen LogP contribution in [0.2, 0.25) is 0 Å². The maximum Gasteiger partial charge on any atom is 0.416 e. The van der Waals surface area contributed by atoms with Gasteiger partial charge in [-0.3, -0.25) is 4.79 Å². The Morgan fingerprint density at radius 2 is 1.95 bits per heavy atom. The van der Waals surface area contributed by atoms with Gasteiger partial charge in [0.2, 0.25) is 6.08 Å². The fourth-order valence-electron chi connectivity index (χ4n) is 1.98. The first-order valence-corrected chi connectivity index (χ1v) is 6.57. The van der Waals surface area contributed by atoms with Crippen molar-refractivity contribution in [3.05, 3.63) is 29.3 Å². The molecule has 22 heavy (non-hydrogen) atoms. The van der Waals surface area contributed by atoms with Crippen molar-refractivity contribution in [2.75, 3.05) is 6.61 Å². The molecule has 120 valence electrons. The molecule has 0 aliphatic heterocycles. The zero-order chi connectivity index (χ0) is 17.0. The summed E-state index contributed by atoms with van der Waals surface area (Å²) in [6.07, 6.45) is -3.56. The Morgan fingerprint density at radius 3 is 2.45 bits per heavy atom. The molecule has 0 aromatic heterocycles. The van der Waals surface area contributed by atoms with E-state index in [1.807, 2.05) is 0 Å². The van der Waals surface area contributed by atoms with Gasteiger partial charge < -0.3 is 4.74 Å². The number of rotatable bonds is 5. The number of halogens is 3. The van der Waals surface area contributed by atoms with Crippen LogP contribution in [-0.4, -0.2) is 18.7 Å². The molecular weight excluding hydrogens is 299 g/mol. The van der Waals surface area contributed by atoms with Crippen LogP contribution in [0.5, 0.6) is 0 Å². The van der Waals surface area contributed by atoms with E-state index in [1.54, 1.807) is 6.92 Å². The fraction of sp³-hybridized carbons (Fsp3) is 0.467. The number of esters is 1. The summed E-state index contributed by atoms with van der Waals surface area (Å²) >= 11 is 0. The molecule has 1 rings (SSSR count). The third-order valence-electron chi connectivity index (χ3n) is 3.03. The molecule has 0 unspecified atom stereocenters. The van der Waals surface area contributed by atoms with E-state index >= 15 is 0 Å². The van der Waals surface area contributed by atoms with Gasteiger partial charge in [-0.05, 0) is 44.9 Å². The Balaban J connectivity index is 3.24. The van der Waals surface area contributed by atoms with E-state index in [-0.39, 0.29) is 24.3 Å². The number of isocyanates is 1. The lowest BCUT2D eigenvalue weighted by atomic mass is 9.84. The molecule has 0 aliphatic carbocycles. The lowest BCUT2D eigenvalue weighted by molar-refractivity contribution is -0.154. The number of alkyl halides is 3. The zero-order valence-electron chi connectivity index (χ0n) is 12.5. The quantitative estimate of drug-likeness (QED) is 0.472.